The zero-order valence-electron chi connectivity index (χ0n) is 18.2. The third kappa shape index (κ3) is 4.21. The normalized spacial score (nSPS) is 15.8. The Kier molecular flexibility index (Phi) is 5.83. The van der Waals surface area contributed by atoms with Crippen molar-refractivity contribution in [2.24, 2.45) is 0 Å². The van der Waals surface area contributed by atoms with Gasteiger partial charge in [0, 0.05) is 19.6 Å². The molecular formula is C30H26N2. The minimum atomic E-state index is 0.704. The average Bonchev–Trinajstić information content (AvgIpc) is 3.02. The monoisotopic (exact) mass is 414 g/mol. The maximum absolute atomic E-state index is 8.93. The van der Waals surface area contributed by atoms with Crippen molar-refractivity contribution < 1.29 is 0 Å². The van der Waals surface area contributed by atoms with E-state index in [4.69, 9.17) is 5.26 Å². The summed E-state index contributed by atoms with van der Waals surface area (Å²) in [6, 6.07) is 27.5. The first-order chi connectivity index (χ1) is 15.8. The number of likely N-dealkylation sites (tertiary alicyclic amines) is 1. The Morgan fingerprint density at radius 1 is 0.781 bits per heavy atom. The molecule has 2 heteroatoms. The second-order valence-electron chi connectivity index (χ2n) is 8.42. The summed E-state index contributed by atoms with van der Waals surface area (Å²) in [6.07, 6.45) is 11.1. The fourth-order valence-corrected chi connectivity index (χ4v) is 4.71. The summed E-state index contributed by atoms with van der Waals surface area (Å²) in [4.78, 5) is 2.52. The quantitative estimate of drug-likeness (QED) is 0.375. The van der Waals surface area contributed by atoms with Crippen LogP contribution in [-0.2, 0) is 0 Å². The molecule has 2 aliphatic rings. The van der Waals surface area contributed by atoms with Gasteiger partial charge in [-0.05, 0) is 58.4 Å². The van der Waals surface area contributed by atoms with E-state index < -0.39 is 0 Å². The molecule has 0 spiro atoms. The molecular weight excluding hydrogens is 388 g/mol. The van der Waals surface area contributed by atoms with Gasteiger partial charge in [0.2, 0.25) is 0 Å². The first-order valence-electron chi connectivity index (χ1n) is 11.3. The summed E-state index contributed by atoms with van der Waals surface area (Å²) in [5.41, 5.74) is 10.2. The zero-order valence-corrected chi connectivity index (χ0v) is 18.2. The molecule has 32 heavy (non-hydrogen) atoms. The predicted molar refractivity (Wildman–Crippen MR) is 134 cm³/mol. The highest BCUT2D eigenvalue weighted by Crippen LogP contribution is 2.38. The van der Waals surface area contributed by atoms with Crippen molar-refractivity contribution in [2.45, 2.75) is 12.8 Å². The molecule has 0 radical (unpaired) electrons. The number of benzene rings is 3. The van der Waals surface area contributed by atoms with Crippen LogP contribution in [0.4, 0.5) is 0 Å². The van der Waals surface area contributed by atoms with Gasteiger partial charge in [-0.1, -0.05) is 90.5 Å². The fourth-order valence-electron chi connectivity index (χ4n) is 4.71. The Morgan fingerprint density at radius 3 is 1.97 bits per heavy atom. The van der Waals surface area contributed by atoms with E-state index in [0.717, 1.165) is 38.0 Å². The van der Waals surface area contributed by atoms with E-state index in [1.54, 1.807) is 5.57 Å². The van der Waals surface area contributed by atoms with E-state index in [9.17, 15) is 0 Å². The lowest BCUT2D eigenvalue weighted by Gasteiger charge is -2.29. The maximum Gasteiger partial charge on any atom is 0.0991 e. The van der Waals surface area contributed by atoms with Gasteiger partial charge in [0.1, 0.15) is 0 Å². The molecule has 1 aliphatic heterocycles. The summed E-state index contributed by atoms with van der Waals surface area (Å²) >= 11 is 0. The van der Waals surface area contributed by atoms with Gasteiger partial charge in [-0.15, -0.1) is 0 Å². The summed E-state index contributed by atoms with van der Waals surface area (Å²) in [5.74, 6) is 0. The Balaban J connectivity index is 1.34. The zero-order chi connectivity index (χ0) is 21.8. The van der Waals surface area contributed by atoms with E-state index in [-0.39, 0.29) is 0 Å². The second kappa shape index (κ2) is 9.22. The molecule has 2 nitrogen and oxygen atoms in total. The van der Waals surface area contributed by atoms with Crippen molar-refractivity contribution in [1.82, 2.24) is 4.90 Å². The molecule has 1 heterocycles. The van der Waals surface area contributed by atoms with Crippen molar-refractivity contribution >= 4 is 23.8 Å². The van der Waals surface area contributed by atoms with E-state index in [2.05, 4.69) is 83.8 Å². The minimum absolute atomic E-state index is 0.704. The Morgan fingerprint density at radius 2 is 1.38 bits per heavy atom. The summed E-state index contributed by atoms with van der Waals surface area (Å²) in [7, 11) is 0. The number of hydrogen-bond donors (Lipinski definition) is 0. The molecule has 0 N–H and O–H groups in total. The summed E-state index contributed by atoms with van der Waals surface area (Å²) in [5, 5.41) is 8.93. The minimum Gasteiger partial charge on any atom is -0.299 e. The van der Waals surface area contributed by atoms with Crippen LogP contribution < -0.4 is 0 Å². The number of hydrogen-bond acceptors (Lipinski definition) is 2. The molecule has 156 valence electrons. The van der Waals surface area contributed by atoms with Gasteiger partial charge >= 0.3 is 0 Å². The lowest BCUT2D eigenvalue weighted by molar-refractivity contribution is 0.284. The van der Waals surface area contributed by atoms with Crippen LogP contribution in [0.25, 0.3) is 23.8 Å². The van der Waals surface area contributed by atoms with Crippen molar-refractivity contribution in [3.8, 4) is 6.07 Å². The van der Waals surface area contributed by atoms with Gasteiger partial charge in [0.25, 0.3) is 0 Å². The predicted octanol–water partition coefficient (Wildman–Crippen LogP) is 6.65. The smallest absolute Gasteiger partial charge is 0.0991 e. The van der Waals surface area contributed by atoms with Crippen LogP contribution in [0.2, 0.25) is 0 Å². The number of nitriles is 1. The van der Waals surface area contributed by atoms with Gasteiger partial charge in [0.05, 0.1) is 11.6 Å². The van der Waals surface area contributed by atoms with Gasteiger partial charge in [-0.2, -0.15) is 5.26 Å². The first kappa shape index (κ1) is 20.2. The highest BCUT2D eigenvalue weighted by molar-refractivity contribution is 5.94. The van der Waals surface area contributed by atoms with Crippen LogP contribution >= 0.6 is 0 Å². The molecule has 0 bridgehead atoms. The number of piperidine rings is 1. The summed E-state index contributed by atoms with van der Waals surface area (Å²) in [6.45, 7) is 3.11. The molecule has 1 aliphatic carbocycles. The largest absolute Gasteiger partial charge is 0.299 e. The second-order valence-corrected chi connectivity index (χ2v) is 8.42. The topological polar surface area (TPSA) is 27.0 Å². The first-order valence-corrected chi connectivity index (χ1v) is 11.3. The average molecular weight is 415 g/mol. The summed E-state index contributed by atoms with van der Waals surface area (Å²) < 4.78 is 0. The van der Waals surface area contributed by atoms with Crippen LogP contribution in [0, 0.1) is 11.3 Å². The molecule has 5 rings (SSSR count). The van der Waals surface area contributed by atoms with Gasteiger partial charge < -0.3 is 0 Å². The lowest BCUT2D eigenvalue weighted by atomic mass is 9.86. The molecule has 1 fully saturated rings. The highest BCUT2D eigenvalue weighted by Gasteiger charge is 2.21. The number of rotatable bonds is 3. The van der Waals surface area contributed by atoms with Crippen molar-refractivity contribution in [3.05, 3.63) is 118 Å². The van der Waals surface area contributed by atoms with Crippen LogP contribution in [0.15, 0.2) is 84.4 Å². The van der Waals surface area contributed by atoms with Crippen LogP contribution in [0.1, 0.15) is 46.2 Å². The number of fused-ring (bicyclic) bond motifs is 2. The van der Waals surface area contributed by atoms with Gasteiger partial charge in [-0.25, -0.2) is 0 Å². The standard InChI is InChI=1S/C30H26N2/c31-22-24-13-11-23(12-14-24)6-5-19-32-20-17-27(18-21-32)30-28-9-3-1-7-25(28)15-16-26-8-2-4-10-29(26)30/h1-16H,17-21H2. The van der Waals surface area contributed by atoms with Gasteiger partial charge in [0.15, 0.2) is 0 Å². The Labute approximate surface area is 190 Å². The Hall–Kier alpha value is -3.67. The third-order valence-electron chi connectivity index (χ3n) is 6.43. The van der Waals surface area contributed by atoms with Crippen LogP contribution in [0.5, 0.6) is 0 Å². The number of nitrogens with zero attached hydrogens (tertiary/aromatic N) is 2. The molecule has 0 saturated carbocycles. The van der Waals surface area contributed by atoms with Crippen molar-refractivity contribution in [3.63, 3.8) is 0 Å². The van der Waals surface area contributed by atoms with E-state index in [1.165, 1.54) is 27.8 Å². The fraction of sp³-hybridized carbons (Fsp3) is 0.167. The highest BCUT2D eigenvalue weighted by atomic mass is 15.1. The lowest BCUT2D eigenvalue weighted by Crippen LogP contribution is -2.31. The molecule has 0 amide bonds. The Bertz CT molecular complexity index is 1190. The van der Waals surface area contributed by atoms with E-state index in [1.807, 2.05) is 24.3 Å². The van der Waals surface area contributed by atoms with E-state index in [0.29, 0.717) is 5.56 Å². The molecule has 0 atom stereocenters. The van der Waals surface area contributed by atoms with Crippen molar-refractivity contribution in [2.75, 3.05) is 19.6 Å². The maximum atomic E-state index is 8.93. The van der Waals surface area contributed by atoms with Crippen LogP contribution in [0.3, 0.4) is 0 Å². The molecule has 1 saturated heterocycles. The third-order valence-corrected chi connectivity index (χ3v) is 6.43. The van der Waals surface area contributed by atoms with E-state index >= 15 is 0 Å². The SMILES string of the molecule is N#Cc1ccc(C=CCN2CCC(=C3c4ccccc4C=Cc4ccccc43)CC2)cc1. The molecule has 0 unspecified atom stereocenters. The molecule has 3 aromatic carbocycles. The molecule has 0 aromatic heterocycles. The van der Waals surface area contributed by atoms with Crippen molar-refractivity contribution in [1.29, 1.82) is 5.26 Å². The van der Waals surface area contributed by atoms with Crippen LogP contribution in [-0.4, -0.2) is 24.5 Å². The van der Waals surface area contributed by atoms with Gasteiger partial charge in [-0.3, -0.25) is 4.90 Å². The molecule has 3 aromatic rings.